The van der Waals surface area contributed by atoms with Gasteiger partial charge in [0.05, 0.1) is 9.30 Å². The minimum Gasteiger partial charge on any atom is -0.489 e. The zero-order valence-electron chi connectivity index (χ0n) is 12.0. The van der Waals surface area contributed by atoms with Gasteiger partial charge in [0.1, 0.15) is 12.4 Å². The van der Waals surface area contributed by atoms with Gasteiger partial charge in [-0.2, -0.15) is 0 Å². The molecule has 0 atom stereocenters. The van der Waals surface area contributed by atoms with Gasteiger partial charge in [0.25, 0.3) is 0 Å². The van der Waals surface area contributed by atoms with E-state index in [0.29, 0.717) is 16.8 Å². The van der Waals surface area contributed by atoms with Crippen LogP contribution in [0.2, 0.25) is 0 Å². The average molecular weight is 309 g/mol. The molecule has 3 heteroatoms. The first-order valence-electron chi connectivity index (χ1n) is 6.57. The van der Waals surface area contributed by atoms with Crippen LogP contribution in [0.5, 0.6) is 5.75 Å². The Kier molecular flexibility index (Phi) is 3.54. The summed E-state index contributed by atoms with van der Waals surface area (Å²) in [5.41, 5.74) is 2.01. The predicted molar refractivity (Wildman–Crippen MR) is 75.6 cm³/mol. The van der Waals surface area contributed by atoms with E-state index in [1.807, 2.05) is 43.3 Å². The molecule has 0 aliphatic rings. The van der Waals surface area contributed by atoms with Crippen molar-refractivity contribution < 1.29 is 12.6 Å². The molecule has 0 unspecified atom stereocenters. The number of aryl methyl sites for hydroxylation is 1. The van der Waals surface area contributed by atoms with Crippen LogP contribution < -0.4 is 4.74 Å². The molecule has 0 bridgehead atoms. The maximum Gasteiger partial charge on any atom is 0.120 e. The number of hydrogen-bond donors (Lipinski definition) is 1. The number of hydrogen-bond acceptors (Lipinski definition) is 2. The van der Waals surface area contributed by atoms with Gasteiger partial charge in [-0.05, 0) is 35.7 Å². The number of ether oxygens (including phenoxy) is 1. The molecule has 0 radical (unpaired) electrons. The molecule has 2 aromatic rings. The Hall–Kier alpha value is -1.32. The monoisotopic (exact) mass is 308 g/mol. The summed E-state index contributed by atoms with van der Waals surface area (Å²) in [6.45, 7) is -0.180. The standard InChI is InChI=1S/C15H15BrO2/c1-11-7-14(8-13(9-17)15(11)16)18-10-12-5-3-2-4-6-12/h2-8,17H,9-10H2,1H3/i9D2. The van der Waals surface area contributed by atoms with Crippen molar-refractivity contribution in [3.05, 3.63) is 63.6 Å². The van der Waals surface area contributed by atoms with Gasteiger partial charge in [-0.15, -0.1) is 0 Å². The molecule has 1 N–H and O–H groups in total. The van der Waals surface area contributed by atoms with Crippen molar-refractivity contribution in [2.45, 2.75) is 20.1 Å². The first-order valence-corrected chi connectivity index (χ1v) is 6.37. The quantitative estimate of drug-likeness (QED) is 0.930. The minimum atomic E-state index is -2.41. The largest absolute Gasteiger partial charge is 0.489 e. The molecule has 0 saturated carbocycles. The van der Waals surface area contributed by atoms with E-state index in [-0.39, 0.29) is 5.56 Å². The van der Waals surface area contributed by atoms with Crippen LogP contribution in [0.15, 0.2) is 46.9 Å². The summed E-state index contributed by atoms with van der Waals surface area (Å²) in [6.07, 6.45) is 0. The molecule has 0 aromatic heterocycles. The van der Waals surface area contributed by atoms with Crippen molar-refractivity contribution >= 4 is 15.9 Å². The lowest BCUT2D eigenvalue weighted by Crippen LogP contribution is -1.97. The normalized spacial score (nSPS) is 12.8. The molecule has 0 aliphatic carbocycles. The minimum absolute atomic E-state index is 0.167. The smallest absolute Gasteiger partial charge is 0.120 e. The maximum absolute atomic E-state index is 9.55. The molecular formula is C15H15BrO2. The Morgan fingerprint density at radius 2 is 2.00 bits per heavy atom. The van der Waals surface area contributed by atoms with E-state index in [9.17, 15) is 5.11 Å². The first kappa shape index (κ1) is 10.6. The zero-order valence-corrected chi connectivity index (χ0v) is 11.6. The summed E-state index contributed by atoms with van der Waals surface area (Å²) in [5.74, 6) is 0.530. The lowest BCUT2D eigenvalue weighted by atomic mass is 10.1. The van der Waals surface area contributed by atoms with E-state index < -0.39 is 6.56 Å². The molecule has 0 spiro atoms. The second-order valence-corrected chi connectivity index (χ2v) is 4.78. The SMILES string of the molecule is [2H]C([2H])(O)c1cc(OCc2ccccc2)cc(C)c1Br. The Morgan fingerprint density at radius 1 is 1.28 bits per heavy atom. The fourth-order valence-corrected chi connectivity index (χ4v) is 1.96. The van der Waals surface area contributed by atoms with Gasteiger partial charge >= 0.3 is 0 Å². The number of benzene rings is 2. The number of aliphatic hydroxyl groups is 1. The molecular weight excluding hydrogens is 292 g/mol. The van der Waals surface area contributed by atoms with Crippen LogP contribution in [0.1, 0.15) is 19.4 Å². The molecule has 0 amide bonds. The third-order valence-corrected chi connectivity index (χ3v) is 3.65. The van der Waals surface area contributed by atoms with E-state index in [0.717, 1.165) is 11.1 Å². The average Bonchev–Trinajstić information content (AvgIpc) is 2.40. The molecule has 0 saturated heterocycles. The highest BCUT2D eigenvalue weighted by atomic mass is 79.9. The number of rotatable bonds is 4. The van der Waals surface area contributed by atoms with Crippen LogP contribution >= 0.6 is 15.9 Å². The Bertz CT molecular complexity index is 595. The zero-order chi connectivity index (χ0) is 14.8. The first-order chi connectivity index (χ1) is 9.38. The molecule has 0 heterocycles. The summed E-state index contributed by atoms with van der Waals surface area (Å²) < 4.78 is 21.1. The van der Waals surface area contributed by atoms with Crippen LogP contribution in [0.3, 0.4) is 0 Å². The Labute approximate surface area is 118 Å². The Balaban J connectivity index is 2.23. The Morgan fingerprint density at radius 3 is 2.67 bits per heavy atom. The van der Waals surface area contributed by atoms with Gasteiger partial charge in [-0.1, -0.05) is 46.3 Å². The highest BCUT2D eigenvalue weighted by Gasteiger charge is 2.06. The van der Waals surface area contributed by atoms with Crippen molar-refractivity contribution in [1.82, 2.24) is 0 Å². The van der Waals surface area contributed by atoms with E-state index in [2.05, 4.69) is 15.9 Å². The van der Waals surface area contributed by atoms with Crippen molar-refractivity contribution in [3.63, 3.8) is 0 Å². The van der Waals surface area contributed by atoms with Crippen molar-refractivity contribution in [1.29, 1.82) is 0 Å². The van der Waals surface area contributed by atoms with Crippen LogP contribution in [0.4, 0.5) is 0 Å². The molecule has 94 valence electrons. The van der Waals surface area contributed by atoms with Crippen LogP contribution in [0, 0.1) is 6.92 Å². The van der Waals surface area contributed by atoms with Crippen LogP contribution in [0.25, 0.3) is 0 Å². The molecule has 18 heavy (non-hydrogen) atoms. The molecule has 0 aliphatic heterocycles. The van der Waals surface area contributed by atoms with Crippen LogP contribution in [-0.4, -0.2) is 5.11 Å². The van der Waals surface area contributed by atoms with Crippen LogP contribution in [-0.2, 0) is 13.2 Å². The fourth-order valence-electron chi connectivity index (χ4n) is 1.64. The summed E-state index contributed by atoms with van der Waals surface area (Å²) in [7, 11) is 0. The van der Waals surface area contributed by atoms with Gasteiger partial charge in [-0.25, -0.2) is 0 Å². The maximum atomic E-state index is 9.55. The van der Waals surface area contributed by atoms with Gasteiger partial charge in [0.2, 0.25) is 0 Å². The summed E-state index contributed by atoms with van der Waals surface area (Å²) in [6, 6.07) is 13.0. The molecule has 2 aromatic carbocycles. The summed E-state index contributed by atoms with van der Waals surface area (Å²) in [4.78, 5) is 0. The summed E-state index contributed by atoms with van der Waals surface area (Å²) >= 11 is 3.29. The van der Waals surface area contributed by atoms with E-state index in [1.165, 1.54) is 6.07 Å². The molecule has 0 fully saturated rings. The lowest BCUT2D eigenvalue weighted by Gasteiger charge is -2.11. The molecule has 2 rings (SSSR count). The van der Waals surface area contributed by atoms with Gasteiger partial charge in [0, 0.05) is 4.47 Å². The van der Waals surface area contributed by atoms with Gasteiger partial charge in [-0.3, -0.25) is 0 Å². The third kappa shape index (κ3) is 3.12. The van der Waals surface area contributed by atoms with E-state index in [4.69, 9.17) is 7.48 Å². The number of halogens is 1. The second-order valence-electron chi connectivity index (χ2n) is 3.99. The fraction of sp³-hybridized carbons (Fsp3) is 0.200. The van der Waals surface area contributed by atoms with Crippen molar-refractivity contribution in [2.75, 3.05) is 0 Å². The molecule has 2 nitrogen and oxygen atoms in total. The lowest BCUT2D eigenvalue weighted by molar-refractivity contribution is 0.277. The van der Waals surface area contributed by atoms with E-state index in [1.54, 1.807) is 0 Å². The van der Waals surface area contributed by atoms with E-state index >= 15 is 0 Å². The topological polar surface area (TPSA) is 29.5 Å². The predicted octanol–water partition coefficient (Wildman–Crippen LogP) is 3.83. The van der Waals surface area contributed by atoms with Gasteiger partial charge in [0.15, 0.2) is 0 Å². The highest BCUT2D eigenvalue weighted by Crippen LogP contribution is 2.27. The second kappa shape index (κ2) is 6.03. The van der Waals surface area contributed by atoms with Gasteiger partial charge < -0.3 is 9.84 Å². The van der Waals surface area contributed by atoms with Crippen molar-refractivity contribution in [2.24, 2.45) is 0 Å². The van der Waals surface area contributed by atoms with Crippen molar-refractivity contribution in [3.8, 4) is 5.75 Å². The summed E-state index contributed by atoms with van der Waals surface area (Å²) in [5, 5.41) is 9.55. The third-order valence-electron chi connectivity index (χ3n) is 2.60. The highest BCUT2D eigenvalue weighted by molar-refractivity contribution is 9.10.